The standard InChI is InChI=1S/C11H16N2O5S/c1-12(8-7-11(15)16)19(17,18)13(2)9-3-5-10(14)6-4-9/h3-6,14H,7-8H2,1-2H3,(H,15,16). The SMILES string of the molecule is CN(CCC(=O)O)S(=O)(=O)N(C)c1ccc(O)cc1. The van der Waals surface area contributed by atoms with E-state index in [0.717, 1.165) is 8.61 Å². The predicted molar refractivity (Wildman–Crippen MR) is 70.3 cm³/mol. The van der Waals surface area contributed by atoms with Crippen LogP contribution in [0.1, 0.15) is 6.42 Å². The first-order chi connectivity index (χ1) is 8.75. The molecule has 1 rings (SSSR count). The molecule has 0 spiro atoms. The highest BCUT2D eigenvalue weighted by atomic mass is 32.2. The Labute approximate surface area is 111 Å². The summed E-state index contributed by atoms with van der Waals surface area (Å²) in [5.41, 5.74) is 0.375. The van der Waals surface area contributed by atoms with Crippen molar-refractivity contribution >= 4 is 21.9 Å². The number of rotatable bonds is 6. The van der Waals surface area contributed by atoms with Gasteiger partial charge in [-0.1, -0.05) is 0 Å². The highest BCUT2D eigenvalue weighted by Crippen LogP contribution is 2.20. The molecule has 0 saturated heterocycles. The average Bonchev–Trinajstić information content (AvgIpc) is 2.35. The van der Waals surface area contributed by atoms with Crippen LogP contribution in [0.25, 0.3) is 0 Å². The number of carboxylic acid groups (broad SMARTS) is 1. The van der Waals surface area contributed by atoms with Crippen molar-refractivity contribution in [3.63, 3.8) is 0 Å². The van der Waals surface area contributed by atoms with Crippen LogP contribution >= 0.6 is 0 Å². The number of carboxylic acids is 1. The first-order valence-corrected chi connectivity index (χ1v) is 6.86. The number of benzene rings is 1. The minimum absolute atomic E-state index is 0.0359. The van der Waals surface area contributed by atoms with Crippen LogP contribution in [-0.2, 0) is 15.0 Å². The van der Waals surface area contributed by atoms with Crippen molar-refractivity contribution in [3.8, 4) is 5.75 Å². The van der Waals surface area contributed by atoms with E-state index in [-0.39, 0.29) is 18.7 Å². The van der Waals surface area contributed by atoms with Gasteiger partial charge >= 0.3 is 16.2 Å². The van der Waals surface area contributed by atoms with Crippen molar-refractivity contribution in [1.29, 1.82) is 0 Å². The van der Waals surface area contributed by atoms with Crippen LogP contribution in [0.4, 0.5) is 5.69 Å². The quantitative estimate of drug-likeness (QED) is 0.793. The van der Waals surface area contributed by atoms with Crippen LogP contribution < -0.4 is 4.31 Å². The lowest BCUT2D eigenvalue weighted by atomic mass is 10.3. The Morgan fingerprint density at radius 1 is 1.21 bits per heavy atom. The van der Waals surface area contributed by atoms with Crippen LogP contribution in [-0.4, -0.2) is 49.5 Å². The van der Waals surface area contributed by atoms with Gasteiger partial charge in [0.2, 0.25) is 0 Å². The molecule has 0 radical (unpaired) electrons. The van der Waals surface area contributed by atoms with Gasteiger partial charge in [-0.15, -0.1) is 0 Å². The van der Waals surface area contributed by atoms with Gasteiger partial charge in [-0.2, -0.15) is 12.7 Å². The molecule has 0 bridgehead atoms. The predicted octanol–water partition coefficient (Wildman–Crippen LogP) is 0.480. The molecule has 1 aromatic rings. The van der Waals surface area contributed by atoms with Gasteiger partial charge in [0.1, 0.15) is 5.75 Å². The third-order valence-corrected chi connectivity index (χ3v) is 4.47. The smallest absolute Gasteiger partial charge is 0.304 e. The molecule has 2 N–H and O–H groups in total. The Balaban J connectivity index is 2.87. The Morgan fingerprint density at radius 2 is 1.74 bits per heavy atom. The zero-order valence-electron chi connectivity index (χ0n) is 10.6. The Hall–Kier alpha value is -1.80. The number of hydrogen-bond donors (Lipinski definition) is 2. The molecule has 8 heteroatoms. The second-order valence-electron chi connectivity index (χ2n) is 3.96. The van der Waals surface area contributed by atoms with Gasteiger partial charge in [-0.05, 0) is 24.3 Å². The van der Waals surface area contributed by atoms with E-state index in [1.807, 2.05) is 0 Å². The lowest BCUT2D eigenvalue weighted by Crippen LogP contribution is -2.40. The van der Waals surface area contributed by atoms with E-state index in [2.05, 4.69) is 0 Å². The minimum Gasteiger partial charge on any atom is -0.508 e. The number of nitrogens with zero attached hydrogens (tertiary/aromatic N) is 2. The number of phenols is 1. The summed E-state index contributed by atoms with van der Waals surface area (Å²) in [6, 6.07) is 5.66. The number of hydrogen-bond acceptors (Lipinski definition) is 4. The second-order valence-corrected chi connectivity index (χ2v) is 6.02. The zero-order chi connectivity index (χ0) is 14.6. The van der Waals surface area contributed by atoms with E-state index in [9.17, 15) is 13.2 Å². The topological polar surface area (TPSA) is 98.2 Å². The monoisotopic (exact) mass is 288 g/mol. The van der Waals surface area contributed by atoms with Crippen LogP contribution in [0.2, 0.25) is 0 Å². The summed E-state index contributed by atoms with van der Waals surface area (Å²) >= 11 is 0. The fraction of sp³-hybridized carbons (Fsp3) is 0.364. The lowest BCUT2D eigenvalue weighted by molar-refractivity contribution is -0.137. The molecule has 19 heavy (non-hydrogen) atoms. The van der Waals surface area contributed by atoms with Crippen molar-refractivity contribution in [2.24, 2.45) is 0 Å². The van der Waals surface area contributed by atoms with E-state index in [1.54, 1.807) is 0 Å². The summed E-state index contributed by atoms with van der Waals surface area (Å²) in [5.74, 6) is -1.02. The molecule has 0 unspecified atom stereocenters. The average molecular weight is 288 g/mol. The first kappa shape index (κ1) is 15.3. The molecular weight excluding hydrogens is 272 g/mol. The highest BCUT2D eigenvalue weighted by Gasteiger charge is 2.24. The zero-order valence-corrected chi connectivity index (χ0v) is 11.5. The molecular formula is C11H16N2O5S. The van der Waals surface area contributed by atoms with Crippen molar-refractivity contribution in [2.75, 3.05) is 24.9 Å². The van der Waals surface area contributed by atoms with Crippen molar-refractivity contribution in [2.45, 2.75) is 6.42 Å². The summed E-state index contributed by atoms with van der Waals surface area (Å²) in [4.78, 5) is 10.4. The number of aliphatic carboxylic acids is 1. The summed E-state index contributed by atoms with van der Waals surface area (Å²) < 4.78 is 26.2. The van der Waals surface area contributed by atoms with Crippen molar-refractivity contribution in [3.05, 3.63) is 24.3 Å². The van der Waals surface area contributed by atoms with E-state index >= 15 is 0 Å². The highest BCUT2D eigenvalue weighted by molar-refractivity contribution is 7.90. The molecule has 0 atom stereocenters. The van der Waals surface area contributed by atoms with Crippen molar-refractivity contribution < 1.29 is 23.4 Å². The third-order valence-electron chi connectivity index (χ3n) is 2.59. The molecule has 0 aliphatic carbocycles. The van der Waals surface area contributed by atoms with Crippen LogP contribution in [0.3, 0.4) is 0 Å². The molecule has 7 nitrogen and oxygen atoms in total. The molecule has 106 valence electrons. The van der Waals surface area contributed by atoms with Gasteiger partial charge in [0, 0.05) is 20.6 Å². The maximum atomic E-state index is 12.1. The molecule has 0 heterocycles. The number of anilines is 1. The normalized spacial score (nSPS) is 11.5. The number of aromatic hydroxyl groups is 1. The maximum Gasteiger partial charge on any atom is 0.304 e. The van der Waals surface area contributed by atoms with E-state index in [1.165, 1.54) is 38.4 Å². The summed E-state index contributed by atoms with van der Waals surface area (Å²) in [7, 11) is -1.10. The van der Waals surface area contributed by atoms with Crippen LogP contribution in [0.15, 0.2) is 24.3 Å². The fourth-order valence-electron chi connectivity index (χ4n) is 1.37. The minimum atomic E-state index is -3.78. The van der Waals surface area contributed by atoms with Gasteiger partial charge in [0.15, 0.2) is 0 Å². The number of carbonyl (C=O) groups is 1. The fourth-order valence-corrected chi connectivity index (χ4v) is 2.50. The molecule has 0 aliphatic heterocycles. The Bertz CT molecular complexity index is 541. The third kappa shape index (κ3) is 3.83. The van der Waals surface area contributed by atoms with Crippen LogP contribution in [0, 0.1) is 0 Å². The molecule has 0 fully saturated rings. The molecule has 0 saturated carbocycles. The van der Waals surface area contributed by atoms with Gasteiger partial charge in [-0.25, -0.2) is 0 Å². The summed E-state index contributed by atoms with van der Waals surface area (Å²) in [6.45, 7) is -0.111. The van der Waals surface area contributed by atoms with Gasteiger partial charge in [0.05, 0.1) is 12.1 Å². The number of phenolic OH excluding ortho intramolecular Hbond substituents is 1. The van der Waals surface area contributed by atoms with E-state index in [4.69, 9.17) is 10.2 Å². The van der Waals surface area contributed by atoms with Crippen molar-refractivity contribution in [1.82, 2.24) is 4.31 Å². The van der Waals surface area contributed by atoms with Gasteiger partial charge in [0.25, 0.3) is 0 Å². The molecule has 0 amide bonds. The van der Waals surface area contributed by atoms with E-state index in [0.29, 0.717) is 5.69 Å². The molecule has 1 aromatic carbocycles. The molecule has 0 aliphatic rings. The Kier molecular flexibility index (Phi) is 4.73. The summed E-state index contributed by atoms with van der Waals surface area (Å²) in [6.07, 6.45) is -0.265. The molecule has 0 aromatic heterocycles. The lowest BCUT2D eigenvalue weighted by Gasteiger charge is -2.25. The van der Waals surface area contributed by atoms with Gasteiger partial charge < -0.3 is 10.2 Å². The maximum absolute atomic E-state index is 12.1. The van der Waals surface area contributed by atoms with Gasteiger partial charge in [-0.3, -0.25) is 9.10 Å². The van der Waals surface area contributed by atoms with Crippen LogP contribution in [0.5, 0.6) is 5.75 Å². The largest absolute Gasteiger partial charge is 0.508 e. The van der Waals surface area contributed by atoms with E-state index < -0.39 is 16.2 Å². The summed E-state index contributed by atoms with van der Waals surface area (Å²) in [5, 5.41) is 17.7. The second kappa shape index (κ2) is 5.89. The Morgan fingerprint density at radius 3 is 2.21 bits per heavy atom. The first-order valence-electron chi connectivity index (χ1n) is 5.46.